The van der Waals surface area contributed by atoms with Gasteiger partial charge >= 0.3 is 0 Å². The van der Waals surface area contributed by atoms with Gasteiger partial charge in [0.2, 0.25) is 5.91 Å². The minimum absolute atomic E-state index is 0.155. The van der Waals surface area contributed by atoms with Crippen molar-refractivity contribution in [2.75, 3.05) is 19.0 Å². The Bertz CT molecular complexity index is 723. The normalized spacial score (nSPS) is 10.6. The van der Waals surface area contributed by atoms with Gasteiger partial charge in [0.25, 0.3) is 0 Å². The van der Waals surface area contributed by atoms with Crippen molar-refractivity contribution in [3.8, 4) is 17.2 Å². The Hall–Kier alpha value is -2.95. The number of nitrogens with one attached hydrogen (secondary N) is 1. The van der Waals surface area contributed by atoms with E-state index in [1.54, 1.807) is 25.3 Å². The number of unbranched alkanes of at least 4 members (excludes halogenated alkanes) is 1. The first kappa shape index (κ1) is 18.4. The Labute approximate surface area is 147 Å². The van der Waals surface area contributed by atoms with Crippen molar-refractivity contribution in [2.45, 2.75) is 19.8 Å². The second-order valence-electron chi connectivity index (χ2n) is 5.48. The van der Waals surface area contributed by atoms with Gasteiger partial charge in [-0.05, 0) is 54.5 Å². The zero-order chi connectivity index (χ0) is 18.1. The summed E-state index contributed by atoms with van der Waals surface area (Å²) in [4.78, 5) is 12.0. The topological polar surface area (TPSA) is 67.8 Å². The Morgan fingerprint density at radius 3 is 2.60 bits per heavy atom. The smallest absolute Gasteiger partial charge is 0.248 e. The predicted molar refractivity (Wildman–Crippen MR) is 99.2 cm³/mol. The second kappa shape index (κ2) is 9.37. The highest BCUT2D eigenvalue weighted by molar-refractivity contribution is 6.01. The number of carbonyl (C=O) groups is 1. The van der Waals surface area contributed by atoms with Crippen molar-refractivity contribution in [1.82, 2.24) is 0 Å². The highest BCUT2D eigenvalue weighted by atomic mass is 16.5. The maximum Gasteiger partial charge on any atom is 0.248 e. The van der Waals surface area contributed by atoms with Gasteiger partial charge in [-0.1, -0.05) is 19.4 Å². The third kappa shape index (κ3) is 5.88. The third-order valence-electron chi connectivity index (χ3n) is 3.51. The number of aromatic hydroxyl groups is 1. The molecule has 0 saturated heterocycles. The summed E-state index contributed by atoms with van der Waals surface area (Å²) >= 11 is 0. The molecule has 0 bridgehead atoms. The van der Waals surface area contributed by atoms with E-state index in [1.165, 1.54) is 18.2 Å². The van der Waals surface area contributed by atoms with E-state index in [4.69, 9.17) is 9.47 Å². The summed E-state index contributed by atoms with van der Waals surface area (Å²) in [6.45, 7) is 2.76. The maximum atomic E-state index is 12.0. The van der Waals surface area contributed by atoms with Crippen molar-refractivity contribution < 1.29 is 19.4 Å². The molecule has 0 radical (unpaired) electrons. The molecular formula is C20H23NO4. The molecule has 2 aromatic carbocycles. The van der Waals surface area contributed by atoms with E-state index in [0.717, 1.165) is 18.4 Å². The quantitative estimate of drug-likeness (QED) is 0.428. The monoisotopic (exact) mass is 341 g/mol. The molecule has 0 aliphatic rings. The van der Waals surface area contributed by atoms with Gasteiger partial charge in [-0.2, -0.15) is 0 Å². The van der Waals surface area contributed by atoms with Crippen LogP contribution in [0.15, 0.2) is 48.5 Å². The lowest BCUT2D eigenvalue weighted by Crippen LogP contribution is -2.07. The molecule has 0 fully saturated rings. The van der Waals surface area contributed by atoms with Crippen LogP contribution >= 0.6 is 0 Å². The van der Waals surface area contributed by atoms with Gasteiger partial charge < -0.3 is 19.9 Å². The number of hydrogen-bond acceptors (Lipinski definition) is 4. The molecule has 25 heavy (non-hydrogen) atoms. The van der Waals surface area contributed by atoms with E-state index >= 15 is 0 Å². The number of methoxy groups -OCH3 is 1. The maximum absolute atomic E-state index is 12.0. The fourth-order valence-corrected chi connectivity index (χ4v) is 2.13. The summed E-state index contributed by atoms with van der Waals surface area (Å²) in [6, 6.07) is 11.8. The summed E-state index contributed by atoms with van der Waals surface area (Å²) < 4.78 is 11.0. The molecule has 0 aromatic heterocycles. The van der Waals surface area contributed by atoms with Gasteiger partial charge in [-0.3, -0.25) is 4.79 Å². The molecule has 2 N–H and O–H groups in total. The molecule has 0 aliphatic carbocycles. The second-order valence-corrected chi connectivity index (χ2v) is 5.48. The molecule has 0 atom stereocenters. The van der Waals surface area contributed by atoms with Gasteiger partial charge in [0.15, 0.2) is 11.5 Å². The molecule has 2 aromatic rings. The van der Waals surface area contributed by atoms with E-state index in [9.17, 15) is 9.90 Å². The average molecular weight is 341 g/mol. The average Bonchev–Trinajstić information content (AvgIpc) is 2.62. The van der Waals surface area contributed by atoms with E-state index in [-0.39, 0.29) is 11.7 Å². The third-order valence-corrected chi connectivity index (χ3v) is 3.51. The lowest BCUT2D eigenvalue weighted by atomic mass is 10.2. The van der Waals surface area contributed by atoms with Gasteiger partial charge in [0.05, 0.1) is 13.7 Å². The molecule has 5 heteroatoms. The predicted octanol–water partition coefficient (Wildman–Crippen LogP) is 4.23. The molecular weight excluding hydrogens is 318 g/mol. The Kier molecular flexibility index (Phi) is 6.89. The molecule has 0 heterocycles. The van der Waals surface area contributed by atoms with Crippen LogP contribution in [0.4, 0.5) is 5.69 Å². The summed E-state index contributed by atoms with van der Waals surface area (Å²) in [5.74, 6) is 1.23. The van der Waals surface area contributed by atoms with Crippen molar-refractivity contribution >= 4 is 17.7 Å². The van der Waals surface area contributed by atoms with Crippen LogP contribution in [0, 0.1) is 0 Å². The summed E-state index contributed by atoms with van der Waals surface area (Å²) in [6.07, 6.45) is 5.20. The van der Waals surface area contributed by atoms with Crippen LogP contribution < -0.4 is 14.8 Å². The summed E-state index contributed by atoms with van der Waals surface area (Å²) in [5.41, 5.74) is 1.45. The van der Waals surface area contributed by atoms with Gasteiger partial charge in [0.1, 0.15) is 5.75 Å². The fourth-order valence-electron chi connectivity index (χ4n) is 2.13. The number of rotatable bonds is 8. The van der Waals surface area contributed by atoms with Crippen molar-refractivity contribution in [2.24, 2.45) is 0 Å². The van der Waals surface area contributed by atoms with Crippen LogP contribution in [0.3, 0.4) is 0 Å². The van der Waals surface area contributed by atoms with Crippen LogP contribution in [0.5, 0.6) is 17.2 Å². The number of phenolic OH excluding ortho intramolecular Hbond substituents is 1. The van der Waals surface area contributed by atoms with Crippen molar-refractivity contribution in [3.05, 3.63) is 54.1 Å². The van der Waals surface area contributed by atoms with E-state index in [0.29, 0.717) is 23.8 Å². The molecule has 5 nitrogen and oxygen atoms in total. The molecule has 2 rings (SSSR count). The Morgan fingerprint density at radius 2 is 1.92 bits per heavy atom. The number of amides is 1. The fraction of sp³-hybridized carbons (Fsp3) is 0.250. The minimum Gasteiger partial charge on any atom is -0.508 e. The highest BCUT2D eigenvalue weighted by Crippen LogP contribution is 2.28. The van der Waals surface area contributed by atoms with Crippen LogP contribution in [0.1, 0.15) is 25.3 Å². The first-order valence-corrected chi connectivity index (χ1v) is 8.21. The van der Waals surface area contributed by atoms with Gasteiger partial charge in [-0.25, -0.2) is 0 Å². The minimum atomic E-state index is -0.257. The number of carbonyl (C=O) groups excluding carboxylic acids is 1. The Balaban J connectivity index is 1.99. The molecule has 0 saturated carbocycles. The molecule has 0 unspecified atom stereocenters. The summed E-state index contributed by atoms with van der Waals surface area (Å²) in [7, 11) is 1.59. The Morgan fingerprint density at radius 1 is 1.16 bits per heavy atom. The van der Waals surface area contributed by atoms with Crippen LogP contribution in [0.2, 0.25) is 0 Å². The zero-order valence-corrected chi connectivity index (χ0v) is 14.5. The highest BCUT2D eigenvalue weighted by Gasteiger charge is 2.05. The van der Waals surface area contributed by atoms with E-state index in [1.807, 2.05) is 18.2 Å². The van der Waals surface area contributed by atoms with Gasteiger partial charge in [-0.15, -0.1) is 0 Å². The SMILES string of the molecule is CCCCOc1ccc(/C=C/C(=O)Nc2ccc(O)cc2)cc1OC. The number of phenols is 1. The zero-order valence-electron chi connectivity index (χ0n) is 14.5. The van der Waals surface area contributed by atoms with Gasteiger partial charge in [0, 0.05) is 11.8 Å². The molecule has 132 valence electrons. The number of ether oxygens (including phenoxy) is 2. The molecule has 0 spiro atoms. The number of hydrogen-bond donors (Lipinski definition) is 2. The lowest BCUT2D eigenvalue weighted by molar-refractivity contribution is -0.111. The van der Waals surface area contributed by atoms with Crippen LogP contribution in [-0.4, -0.2) is 24.7 Å². The molecule has 1 amide bonds. The largest absolute Gasteiger partial charge is 0.508 e. The standard InChI is InChI=1S/C20H23NO4/c1-3-4-13-25-18-11-5-15(14-19(18)24-2)6-12-20(23)21-16-7-9-17(22)10-8-16/h5-12,14,22H,3-4,13H2,1-2H3,(H,21,23)/b12-6+. The first-order valence-electron chi connectivity index (χ1n) is 8.21. The number of anilines is 1. The lowest BCUT2D eigenvalue weighted by Gasteiger charge is -2.11. The van der Waals surface area contributed by atoms with Crippen LogP contribution in [0.25, 0.3) is 6.08 Å². The summed E-state index contributed by atoms with van der Waals surface area (Å²) in [5, 5.41) is 12.0. The number of benzene rings is 2. The van der Waals surface area contributed by atoms with Crippen molar-refractivity contribution in [1.29, 1.82) is 0 Å². The van der Waals surface area contributed by atoms with E-state index < -0.39 is 0 Å². The molecule has 0 aliphatic heterocycles. The van der Waals surface area contributed by atoms with Crippen molar-refractivity contribution in [3.63, 3.8) is 0 Å². The van der Waals surface area contributed by atoms with E-state index in [2.05, 4.69) is 12.2 Å². The van der Waals surface area contributed by atoms with Crippen LogP contribution in [-0.2, 0) is 4.79 Å². The first-order chi connectivity index (χ1) is 12.1.